The van der Waals surface area contributed by atoms with Gasteiger partial charge in [0.15, 0.2) is 5.78 Å². The molecule has 0 amide bonds. The minimum atomic E-state index is 0.0185. The van der Waals surface area contributed by atoms with Gasteiger partial charge in [-0.05, 0) is 31.0 Å². The molecule has 0 aliphatic rings. The van der Waals surface area contributed by atoms with Crippen LogP contribution in [0.2, 0.25) is 0 Å². The molecule has 1 aromatic carbocycles. The second kappa shape index (κ2) is 3.74. The van der Waals surface area contributed by atoms with Crippen molar-refractivity contribution in [3.63, 3.8) is 0 Å². The van der Waals surface area contributed by atoms with Crippen molar-refractivity contribution >= 4 is 11.5 Å². The largest absolute Gasteiger partial charge is 0.295 e. The van der Waals surface area contributed by atoms with E-state index in [1.807, 2.05) is 6.92 Å². The van der Waals surface area contributed by atoms with E-state index in [9.17, 15) is 4.79 Å². The van der Waals surface area contributed by atoms with Crippen LogP contribution in [0.25, 0.3) is 10.4 Å². The maximum Gasteiger partial charge on any atom is 0.160 e. The molecule has 0 aliphatic heterocycles. The average molecular weight is 175 g/mol. The van der Waals surface area contributed by atoms with Crippen molar-refractivity contribution in [3.8, 4) is 0 Å². The number of carbonyl (C=O) groups is 1. The molecule has 0 radical (unpaired) electrons. The third-order valence-electron chi connectivity index (χ3n) is 1.75. The van der Waals surface area contributed by atoms with Crippen molar-refractivity contribution in [1.82, 2.24) is 0 Å². The first-order valence-corrected chi connectivity index (χ1v) is 3.82. The molecule has 1 rings (SSSR count). The summed E-state index contributed by atoms with van der Waals surface area (Å²) in [7, 11) is 0. The number of benzene rings is 1. The molecule has 1 aromatic rings. The number of ketones is 1. The van der Waals surface area contributed by atoms with Crippen LogP contribution in [-0.2, 0) is 0 Å². The summed E-state index contributed by atoms with van der Waals surface area (Å²) in [5.74, 6) is 0.0185. The van der Waals surface area contributed by atoms with Crippen molar-refractivity contribution in [3.05, 3.63) is 39.8 Å². The van der Waals surface area contributed by atoms with E-state index in [-0.39, 0.29) is 5.78 Å². The summed E-state index contributed by atoms with van der Waals surface area (Å²) in [6.07, 6.45) is 0. The van der Waals surface area contributed by atoms with Crippen LogP contribution in [-0.4, -0.2) is 5.78 Å². The number of Topliss-reactive ketones (excluding diaryl/α,β-unsaturated/α-hetero) is 1. The lowest BCUT2D eigenvalue weighted by molar-refractivity contribution is 0.101. The third kappa shape index (κ3) is 2.07. The number of rotatable bonds is 2. The molecule has 0 bridgehead atoms. The predicted molar refractivity (Wildman–Crippen MR) is 50.0 cm³/mol. The fourth-order valence-corrected chi connectivity index (χ4v) is 1.16. The van der Waals surface area contributed by atoms with Crippen LogP contribution in [0.4, 0.5) is 5.69 Å². The summed E-state index contributed by atoms with van der Waals surface area (Å²) in [4.78, 5) is 13.7. The van der Waals surface area contributed by atoms with Crippen LogP contribution in [0.5, 0.6) is 0 Å². The van der Waals surface area contributed by atoms with Gasteiger partial charge in [-0.25, -0.2) is 0 Å². The van der Waals surface area contributed by atoms with Gasteiger partial charge < -0.3 is 0 Å². The lowest BCUT2D eigenvalue weighted by Gasteiger charge is -2.01. The van der Waals surface area contributed by atoms with Gasteiger partial charge in [0, 0.05) is 16.2 Å². The molecule has 0 aromatic heterocycles. The summed E-state index contributed by atoms with van der Waals surface area (Å²) in [6.45, 7) is 3.32. The van der Waals surface area contributed by atoms with Gasteiger partial charge in [0.05, 0.1) is 0 Å². The summed E-state index contributed by atoms with van der Waals surface area (Å²) in [5.41, 5.74) is 10.2. The highest BCUT2D eigenvalue weighted by atomic mass is 16.1. The van der Waals surface area contributed by atoms with Crippen LogP contribution >= 0.6 is 0 Å². The Balaban J connectivity index is 3.19. The van der Waals surface area contributed by atoms with Crippen LogP contribution in [0, 0.1) is 6.92 Å². The van der Waals surface area contributed by atoms with Gasteiger partial charge in [0.1, 0.15) is 0 Å². The average Bonchev–Trinajstić information content (AvgIpc) is 2.04. The van der Waals surface area contributed by atoms with Crippen LogP contribution in [0.15, 0.2) is 23.3 Å². The van der Waals surface area contributed by atoms with Gasteiger partial charge in [0.2, 0.25) is 0 Å². The minimum Gasteiger partial charge on any atom is -0.295 e. The highest BCUT2D eigenvalue weighted by molar-refractivity contribution is 5.95. The molecule has 4 nitrogen and oxygen atoms in total. The zero-order chi connectivity index (χ0) is 9.84. The van der Waals surface area contributed by atoms with Crippen molar-refractivity contribution in [2.45, 2.75) is 13.8 Å². The Labute approximate surface area is 75.8 Å². The zero-order valence-electron chi connectivity index (χ0n) is 7.48. The van der Waals surface area contributed by atoms with E-state index in [0.717, 1.165) is 5.56 Å². The Morgan fingerprint density at radius 1 is 1.54 bits per heavy atom. The summed E-state index contributed by atoms with van der Waals surface area (Å²) < 4.78 is 0. The topological polar surface area (TPSA) is 65.8 Å². The SMILES string of the molecule is CC(=O)c1ccc(N=[N+]=[N-])cc1C. The van der Waals surface area contributed by atoms with Gasteiger partial charge in [0.25, 0.3) is 0 Å². The van der Waals surface area contributed by atoms with Crippen molar-refractivity contribution in [2.75, 3.05) is 0 Å². The molecule has 0 heterocycles. The van der Waals surface area contributed by atoms with Crippen molar-refractivity contribution < 1.29 is 4.79 Å². The van der Waals surface area contributed by atoms with Gasteiger partial charge in [-0.2, -0.15) is 0 Å². The number of hydrogen-bond donors (Lipinski definition) is 0. The van der Waals surface area contributed by atoms with E-state index in [2.05, 4.69) is 10.0 Å². The Morgan fingerprint density at radius 3 is 2.69 bits per heavy atom. The van der Waals surface area contributed by atoms with Gasteiger partial charge >= 0.3 is 0 Å². The van der Waals surface area contributed by atoms with E-state index >= 15 is 0 Å². The second-order valence-electron chi connectivity index (χ2n) is 2.74. The van der Waals surface area contributed by atoms with Crippen molar-refractivity contribution in [2.24, 2.45) is 5.11 Å². The van der Waals surface area contributed by atoms with E-state index in [0.29, 0.717) is 11.3 Å². The second-order valence-corrected chi connectivity index (χ2v) is 2.74. The third-order valence-corrected chi connectivity index (χ3v) is 1.75. The van der Waals surface area contributed by atoms with Crippen LogP contribution in [0.3, 0.4) is 0 Å². The van der Waals surface area contributed by atoms with E-state index in [1.54, 1.807) is 18.2 Å². The van der Waals surface area contributed by atoms with Crippen molar-refractivity contribution in [1.29, 1.82) is 0 Å². The Hall–Kier alpha value is -1.80. The molecular formula is C9H9N3O. The van der Waals surface area contributed by atoms with Gasteiger partial charge in [-0.15, -0.1) is 0 Å². The molecular weight excluding hydrogens is 166 g/mol. The first kappa shape index (κ1) is 9.29. The highest BCUT2D eigenvalue weighted by Crippen LogP contribution is 2.18. The summed E-state index contributed by atoms with van der Waals surface area (Å²) in [5, 5.41) is 3.44. The molecule has 0 atom stereocenters. The predicted octanol–water partition coefficient (Wildman–Crippen LogP) is 3.14. The first-order chi connectivity index (χ1) is 6.15. The lowest BCUT2D eigenvalue weighted by Crippen LogP contribution is -1.94. The number of carbonyl (C=O) groups excluding carboxylic acids is 1. The zero-order valence-corrected chi connectivity index (χ0v) is 7.48. The molecule has 0 N–H and O–H groups in total. The monoisotopic (exact) mass is 175 g/mol. The Morgan fingerprint density at radius 2 is 2.23 bits per heavy atom. The highest BCUT2D eigenvalue weighted by Gasteiger charge is 2.02. The standard InChI is InChI=1S/C9H9N3O/c1-6-5-8(11-12-10)3-4-9(6)7(2)13/h3-5H,1-2H3. The fraction of sp³-hybridized carbons (Fsp3) is 0.222. The van der Waals surface area contributed by atoms with Crippen LogP contribution in [0.1, 0.15) is 22.8 Å². The van der Waals surface area contributed by atoms with E-state index < -0.39 is 0 Å². The molecule has 0 unspecified atom stereocenters. The van der Waals surface area contributed by atoms with Gasteiger partial charge in [-0.3, -0.25) is 4.79 Å². The minimum absolute atomic E-state index is 0.0185. The maximum absolute atomic E-state index is 11.0. The molecule has 4 heteroatoms. The smallest absolute Gasteiger partial charge is 0.160 e. The molecule has 13 heavy (non-hydrogen) atoms. The molecule has 0 aliphatic carbocycles. The fourth-order valence-electron chi connectivity index (χ4n) is 1.16. The van der Waals surface area contributed by atoms with E-state index in [4.69, 9.17) is 5.53 Å². The van der Waals surface area contributed by atoms with E-state index in [1.165, 1.54) is 6.92 Å². The quantitative estimate of drug-likeness (QED) is 0.294. The normalized spacial score (nSPS) is 9.08. The molecule has 0 saturated heterocycles. The number of nitrogens with zero attached hydrogens (tertiary/aromatic N) is 3. The molecule has 0 fully saturated rings. The molecule has 0 saturated carbocycles. The summed E-state index contributed by atoms with van der Waals surface area (Å²) >= 11 is 0. The molecule has 0 spiro atoms. The summed E-state index contributed by atoms with van der Waals surface area (Å²) in [6, 6.07) is 4.99. The van der Waals surface area contributed by atoms with Gasteiger partial charge in [-0.1, -0.05) is 17.2 Å². The molecule has 66 valence electrons. The Kier molecular flexibility index (Phi) is 2.67. The Bertz CT molecular complexity index is 392. The number of azide groups is 1. The number of aryl methyl sites for hydroxylation is 1. The maximum atomic E-state index is 11.0. The number of hydrogen-bond acceptors (Lipinski definition) is 2. The van der Waals surface area contributed by atoms with Crippen LogP contribution < -0.4 is 0 Å². The lowest BCUT2D eigenvalue weighted by atomic mass is 10.1. The first-order valence-electron chi connectivity index (χ1n) is 3.82.